The number of nitrogens with one attached hydrogen (secondary N) is 3. The first kappa shape index (κ1) is 23.7. The van der Waals surface area contributed by atoms with Crippen molar-refractivity contribution >= 4 is 47.0 Å². The Labute approximate surface area is 211 Å². The van der Waals surface area contributed by atoms with Crippen LogP contribution in [-0.2, 0) is 20.9 Å². The summed E-state index contributed by atoms with van der Waals surface area (Å²) in [4.78, 5) is 38.6. The van der Waals surface area contributed by atoms with Crippen molar-refractivity contribution in [2.45, 2.75) is 23.1 Å². The predicted molar refractivity (Wildman–Crippen MR) is 126 cm³/mol. The van der Waals surface area contributed by atoms with Gasteiger partial charge in [0.1, 0.15) is 23.7 Å². The van der Waals surface area contributed by atoms with Crippen LogP contribution in [0.15, 0.2) is 46.8 Å². The van der Waals surface area contributed by atoms with Gasteiger partial charge in [-0.05, 0) is 38.6 Å². The zero-order chi connectivity index (χ0) is 25.1. The van der Waals surface area contributed by atoms with Crippen LogP contribution in [-0.4, -0.2) is 98.1 Å². The molecule has 0 bridgehead atoms. The lowest BCUT2D eigenvalue weighted by Gasteiger charge is -2.49. The fraction of sp³-hybridized carbons (Fsp3) is 0.316. The molecule has 5 rings (SSSR count). The van der Waals surface area contributed by atoms with Gasteiger partial charge in [0.05, 0.1) is 6.54 Å². The smallest absolute Gasteiger partial charge is 0.352 e. The highest BCUT2D eigenvalue weighted by atomic mass is 32.2. The van der Waals surface area contributed by atoms with E-state index < -0.39 is 23.3 Å². The van der Waals surface area contributed by atoms with Crippen LogP contribution in [0.3, 0.4) is 0 Å². The number of rotatable bonds is 10. The van der Waals surface area contributed by atoms with Gasteiger partial charge in [0, 0.05) is 17.2 Å². The van der Waals surface area contributed by atoms with Gasteiger partial charge in [-0.25, -0.2) is 14.6 Å². The highest BCUT2D eigenvalue weighted by molar-refractivity contribution is 8.01. The number of benzene rings is 1. The molecule has 2 aliphatic heterocycles. The first-order chi connectivity index (χ1) is 17.5. The monoisotopic (exact) mass is 529 g/mol. The molecule has 1 fully saturated rings. The third-order valence-corrected chi connectivity index (χ3v) is 7.74. The summed E-state index contributed by atoms with van der Waals surface area (Å²) in [6.45, 7) is 0.211. The number of hydrogen-bond donors (Lipinski definition) is 4. The lowest BCUT2D eigenvalue weighted by molar-refractivity contribution is -0.150. The van der Waals surface area contributed by atoms with Gasteiger partial charge in [-0.2, -0.15) is 0 Å². The van der Waals surface area contributed by atoms with Crippen molar-refractivity contribution in [3.05, 3.63) is 47.4 Å². The SMILES string of the molecule is O=C(CNc1ccccc1)NC1C(=O)N2C(C(=O)O)=C(CSc3nnnn3Cc3nnn[nH]3)CS[C@@H]12. The number of carboxylic acids is 1. The predicted octanol–water partition coefficient (Wildman–Crippen LogP) is -0.823. The summed E-state index contributed by atoms with van der Waals surface area (Å²) < 4.78 is 1.48. The Morgan fingerprint density at radius 3 is 2.81 bits per heavy atom. The van der Waals surface area contributed by atoms with Crippen LogP contribution in [0.4, 0.5) is 5.69 Å². The quantitative estimate of drug-likeness (QED) is 0.188. The molecule has 2 amide bonds. The lowest BCUT2D eigenvalue weighted by Crippen LogP contribution is -2.71. The number of H-pyrrole nitrogens is 1. The minimum atomic E-state index is -1.20. The minimum Gasteiger partial charge on any atom is -0.477 e. The van der Waals surface area contributed by atoms with E-state index in [1.54, 1.807) is 0 Å². The van der Waals surface area contributed by atoms with Crippen LogP contribution >= 0.6 is 23.5 Å². The zero-order valence-corrected chi connectivity index (χ0v) is 20.1. The summed E-state index contributed by atoms with van der Waals surface area (Å²) >= 11 is 2.64. The Morgan fingerprint density at radius 2 is 2.06 bits per heavy atom. The second-order valence-electron chi connectivity index (χ2n) is 7.69. The molecule has 17 heteroatoms. The van der Waals surface area contributed by atoms with Crippen molar-refractivity contribution in [1.82, 2.24) is 51.0 Å². The van der Waals surface area contributed by atoms with Crippen molar-refractivity contribution in [2.75, 3.05) is 23.4 Å². The van der Waals surface area contributed by atoms with Crippen molar-refractivity contribution < 1.29 is 19.5 Å². The highest BCUT2D eigenvalue weighted by Crippen LogP contribution is 2.41. The van der Waals surface area contributed by atoms with Crippen LogP contribution < -0.4 is 10.6 Å². The largest absolute Gasteiger partial charge is 0.477 e. The number of anilines is 1. The van der Waals surface area contributed by atoms with E-state index in [1.807, 2.05) is 30.3 Å². The first-order valence-corrected chi connectivity index (χ1v) is 12.6. The minimum absolute atomic E-state index is 0.00640. The van der Waals surface area contributed by atoms with Crippen molar-refractivity contribution in [2.24, 2.45) is 0 Å². The van der Waals surface area contributed by atoms with Gasteiger partial charge in [-0.3, -0.25) is 14.5 Å². The molecule has 4 heterocycles. The summed E-state index contributed by atoms with van der Waals surface area (Å²) in [5.74, 6) is -0.906. The number of para-hydroxylation sites is 1. The number of carboxylic acid groups (broad SMARTS) is 1. The van der Waals surface area contributed by atoms with E-state index in [4.69, 9.17) is 0 Å². The molecule has 0 spiro atoms. The van der Waals surface area contributed by atoms with Crippen LogP contribution in [0.1, 0.15) is 5.82 Å². The molecule has 3 aromatic rings. The van der Waals surface area contributed by atoms with Gasteiger partial charge in [-0.1, -0.05) is 30.0 Å². The van der Waals surface area contributed by atoms with Gasteiger partial charge in [0.25, 0.3) is 5.91 Å². The number of aliphatic carboxylic acids is 1. The first-order valence-electron chi connectivity index (χ1n) is 10.6. The molecule has 0 aliphatic carbocycles. The molecule has 0 radical (unpaired) electrons. The summed E-state index contributed by atoms with van der Waals surface area (Å²) in [5.41, 5.74) is 1.28. The van der Waals surface area contributed by atoms with E-state index in [0.717, 1.165) is 5.69 Å². The van der Waals surface area contributed by atoms with Crippen molar-refractivity contribution in [1.29, 1.82) is 0 Å². The van der Waals surface area contributed by atoms with E-state index in [2.05, 4.69) is 46.8 Å². The molecule has 36 heavy (non-hydrogen) atoms. The number of aromatic nitrogens is 8. The Balaban J connectivity index is 1.22. The second-order valence-corrected chi connectivity index (χ2v) is 9.74. The lowest BCUT2D eigenvalue weighted by atomic mass is 10.0. The number of fused-ring (bicyclic) bond motifs is 1. The van der Waals surface area contributed by atoms with Crippen molar-refractivity contribution in [3.8, 4) is 0 Å². The number of carbonyl (C=O) groups is 3. The molecule has 1 aromatic carbocycles. The fourth-order valence-corrected chi connectivity index (χ4v) is 6.06. The van der Waals surface area contributed by atoms with E-state index in [1.165, 1.54) is 33.1 Å². The molecule has 2 aliphatic rings. The number of β-lactam (4-membered cyclic amide) rings is 1. The number of tetrazole rings is 2. The maximum absolute atomic E-state index is 12.8. The fourth-order valence-electron chi connectivity index (χ4n) is 3.70. The number of hydrogen-bond acceptors (Lipinski definition) is 12. The molecule has 2 aromatic heterocycles. The third kappa shape index (κ3) is 4.87. The molecule has 1 saturated heterocycles. The Bertz CT molecular complexity index is 1300. The van der Waals surface area contributed by atoms with Crippen LogP contribution in [0.5, 0.6) is 0 Å². The highest BCUT2D eigenvalue weighted by Gasteiger charge is 2.54. The second kappa shape index (κ2) is 10.3. The average Bonchev–Trinajstić information content (AvgIpc) is 3.57. The molecule has 2 atom stereocenters. The van der Waals surface area contributed by atoms with E-state index in [-0.39, 0.29) is 30.4 Å². The molecular weight excluding hydrogens is 510 g/mol. The Kier molecular flexibility index (Phi) is 6.81. The summed E-state index contributed by atoms with van der Waals surface area (Å²) in [7, 11) is 0. The zero-order valence-electron chi connectivity index (χ0n) is 18.4. The number of aromatic amines is 1. The third-order valence-electron chi connectivity index (χ3n) is 5.36. The van der Waals surface area contributed by atoms with Crippen molar-refractivity contribution in [3.63, 3.8) is 0 Å². The molecule has 186 valence electrons. The summed E-state index contributed by atoms with van der Waals surface area (Å²) in [5, 5.41) is 40.5. The van der Waals surface area contributed by atoms with Gasteiger partial charge in [-0.15, -0.1) is 22.0 Å². The Morgan fingerprint density at radius 1 is 1.22 bits per heavy atom. The van der Waals surface area contributed by atoms with Gasteiger partial charge in [0.15, 0.2) is 5.82 Å². The average molecular weight is 530 g/mol. The Hall–Kier alpha value is -3.99. The van der Waals surface area contributed by atoms with Gasteiger partial charge < -0.3 is 15.7 Å². The number of amides is 2. The van der Waals surface area contributed by atoms with E-state index in [9.17, 15) is 19.5 Å². The topological polar surface area (TPSA) is 197 Å². The van der Waals surface area contributed by atoms with Crippen LogP contribution in [0.2, 0.25) is 0 Å². The van der Waals surface area contributed by atoms with Crippen LogP contribution in [0.25, 0.3) is 0 Å². The van der Waals surface area contributed by atoms with Gasteiger partial charge in [0.2, 0.25) is 11.1 Å². The normalized spacial score (nSPS) is 19.0. The molecular formula is C19H19N11O4S2. The molecule has 15 nitrogen and oxygen atoms in total. The van der Waals surface area contributed by atoms with Crippen LogP contribution in [0, 0.1) is 0 Å². The van der Waals surface area contributed by atoms with E-state index >= 15 is 0 Å². The summed E-state index contributed by atoms with van der Waals surface area (Å²) in [6, 6.07) is 8.42. The number of nitrogens with zero attached hydrogens (tertiary/aromatic N) is 8. The summed E-state index contributed by atoms with van der Waals surface area (Å²) in [6.07, 6.45) is 0. The van der Waals surface area contributed by atoms with E-state index in [0.29, 0.717) is 22.3 Å². The number of carbonyl (C=O) groups excluding carboxylic acids is 2. The molecule has 4 N–H and O–H groups in total. The standard InChI is InChI=1S/C19H19N11O4S2/c31-13(6-20-11-4-2-1-3-5-11)21-14-16(32)30-15(18(33)34)10(8-35-17(14)30)9-36-19-24-27-28-29(19)7-12-22-25-26-23-12/h1-5,14,17,20H,6-9H2,(H,21,31)(H,33,34)(H,22,23,25,26)/t14?,17-/m0/s1. The number of thioether (sulfide) groups is 2. The molecule has 0 saturated carbocycles. The molecule has 1 unspecified atom stereocenters. The van der Waals surface area contributed by atoms with Gasteiger partial charge >= 0.3 is 5.97 Å². The maximum Gasteiger partial charge on any atom is 0.352 e. The maximum atomic E-state index is 12.8.